The third kappa shape index (κ3) is 1.99. The zero-order valence-electron chi connectivity index (χ0n) is 9.54. The van der Waals surface area contributed by atoms with Gasteiger partial charge in [-0.2, -0.15) is 0 Å². The van der Waals surface area contributed by atoms with Gasteiger partial charge in [-0.1, -0.05) is 36.4 Å². The van der Waals surface area contributed by atoms with Gasteiger partial charge in [0.1, 0.15) is 0 Å². The number of rotatable bonds is 2. The van der Waals surface area contributed by atoms with Crippen LogP contribution in [0.5, 0.6) is 0 Å². The minimum absolute atomic E-state index is 0.525. The van der Waals surface area contributed by atoms with Crippen molar-refractivity contribution in [2.75, 3.05) is 5.75 Å². The number of thioether (sulfide) groups is 1. The van der Waals surface area contributed by atoms with Gasteiger partial charge in [-0.25, -0.2) is 4.79 Å². The molecule has 0 amide bonds. The molecule has 0 spiro atoms. The summed E-state index contributed by atoms with van der Waals surface area (Å²) in [5.74, 6) is -0.324. The molecule has 0 fully saturated rings. The lowest BCUT2D eigenvalue weighted by Gasteiger charge is -2.02. The van der Waals surface area contributed by atoms with Crippen molar-refractivity contribution in [3.8, 4) is 0 Å². The molecule has 1 atom stereocenters. The SMILES string of the molecule is O=C(O)C1CSC(c2ccc3ccccc3c2)=N1. The Kier molecular flexibility index (Phi) is 2.80. The Morgan fingerprint density at radius 2 is 2.00 bits per heavy atom. The predicted octanol–water partition coefficient (Wildman–Crippen LogP) is 2.79. The van der Waals surface area contributed by atoms with E-state index in [-0.39, 0.29) is 0 Å². The van der Waals surface area contributed by atoms with Crippen molar-refractivity contribution in [1.29, 1.82) is 0 Å². The molecule has 3 rings (SSSR count). The van der Waals surface area contributed by atoms with E-state index in [2.05, 4.69) is 17.1 Å². The summed E-state index contributed by atoms with van der Waals surface area (Å²) in [6, 6.07) is 13.6. The third-order valence-corrected chi connectivity index (χ3v) is 4.03. The largest absolute Gasteiger partial charge is 0.480 e. The molecule has 2 aromatic rings. The summed E-state index contributed by atoms with van der Waals surface area (Å²) in [5, 5.41) is 12.1. The number of nitrogens with zero attached hydrogens (tertiary/aromatic N) is 1. The lowest BCUT2D eigenvalue weighted by molar-refractivity contribution is -0.137. The molecule has 3 nitrogen and oxygen atoms in total. The zero-order chi connectivity index (χ0) is 12.5. The molecule has 1 N–H and O–H groups in total. The molecule has 0 aliphatic carbocycles. The molecule has 1 unspecified atom stereocenters. The van der Waals surface area contributed by atoms with Crippen LogP contribution in [0.25, 0.3) is 10.8 Å². The van der Waals surface area contributed by atoms with E-state index in [1.807, 2.05) is 30.3 Å². The first-order valence-corrected chi connectivity index (χ1v) is 6.65. The lowest BCUT2D eigenvalue weighted by Crippen LogP contribution is -2.17. The van der Waals surface area contributed by atoms with Gasteiger partial charge in [0.25, 0.3) is 0 Å². The maximum atomic E-state index is 10.9. The first kappa shape index (κ1) is 11.3. The zero-order valence-corrected chi connectivity index (χ0v) is 10.4. The van der Waals surface area contributed by atoms with Crippen LogP contribution in [0.15, 0.2) is 47.5 Å². The topological polar surface area (TPSA) is 49.7 Å². The monoisotopic (exact) mass is 257 g/mol. The number of carbonyl (C=O) groups is 1. The first-order valence-electron chi connectivity index (χ1n) is 5.66. The van der Waals surface area contributed by atoms with E-state index < -0.39 is 12.0 Å². The fourth-order valence-electron chi connectivity index (χ4n) is 1.98. The Bertz CT molecular complexity index is 651. The summed E-state index contributed by atoms with van der Waals surface area (Å²) in [7, 11) is 0. The maximum absolute atomic E-state index is 10.9. The summed E-state index contributed by atoms with van der Waals surface area (Å²) in [5.41, 5.74) is 1.00. The minimum atomic E-state index is -0.849. The fourth-order valence-corrected chi connectivity index (χ4v) is 3.01. The standard InChI is InChI=1S/C14H11NO2S/c16-14(17)12-8-18-13(15-12)11-6-5-9-3-1-2-4-10(9)7-11/h1-7,12H,8H2,(H,16,17). The van der Waals surface area contributed by atoms with E-state index in [1.54, 1.807) is 0 Å². The smallest absolute Gasteiger partial charge is 0.329 e. The molecule has 0 saturated carbocycles. The molecule has 4 heteroatoms. The normalized spacial score (nSPS) is 18.9. The van der Waals surface area contributed by atoms with Crippen molar-refractivity contribution in [3.05, 3.63) is 48.0 Å². The Morgan fingerprint density at radius 1 is 1.22 bits per heavy atom. The molecule has 1 heterocycles. The van der Waals surface area contributed by atoms with Crippen LogP contribution < -0.4 is 0 Å². The molecule has 0 saturated heterocycles. The lowest BCUT2D eigenvalue weighted by atomic mass is 10.1. The van der Waals surface area contributed by atoms with Gasteiger partial charge in [-0.15, -0.1) is 11.8 Å². The Balaban J connectivity index is 2.00. The number of hydrogen-bond donors (Lipinski definition) is 1. The highest BCUT2D eigenvalue weighted by atomic mass is 32.2. The number of aliphatic carboxylic acids is 1. The summed E-state index contributed by atoms with van der Waals surface area (Å²) >= 11 is 1.51. The molecule has 0 bridgehead atoms. The molecular formula is C14H11NO2S. The number of fused-ring (bicyclic) bond motifs is 1. The Morgan fingerprint density at radius 3 is 2.72 bits per heavy atom. The molecule has 18 heavy (non-hydrogen) atoms. The average Bonchev–Trinajstić information content (AvgIpc) is 2.88. The van der Waals surface area contributed by atoms with Crippen molar-refractivity contribution in [1.82, 2.24) is 0 Å². The molecular weight excluding hydrogens is 246 g/mol. The van der Waals surface area contributed by atoms with Crippen LogP contribution in [0.2, 0.25) is 0 Å². The highest BCUT2D eigenvalue weighted by Crippen LogP contribution is 2.25. The second-order valence-corrected chi connectivity index (χ2v) is 5.17. The number of aliphatic imine (C=N–C) groups is 1. The van der Waals surface area contributed by atoms with Crippen LogP contribution >= 0.6 is 11.8 Å². The summed E-state index contributed by atoms with van der Waals surface area (Å²) in [6.07, 6.45) is 0. The maximum Gasteiger partial charge on any atom is 0.329 e. The molecule has 90 valence electrons. The van der Waals surface area contributed by atoms with E-state index in [4.69, 9.17) is 5.11 Å². The first-order chi connectivity index (χ1) is 8.74. The third-order valence-electron chi connectivity index (χ3n) is 2.93. The van der Waals surface area contributed by atoms with Gasteiger partial charge in [-0.05, 0) is 16.8 Å². The Labute approximate surface area is 109 Å². The molecule has 0 aromatic heterocycles. The van der Waals surface area contributed by atoms with Gasteiger partial charge in [0, 0.05) is 11.3 Å². The van der Waals surface area contributed by atoms with Crippen LogP contribution in [0, 0.1) is 0 Å². The van der Waals surface area contributed by atoms with Gasteiger partial charge < -0.3 is 5.11 Å². The molecule has 0 radical (unpaired) electrons. The Hall–Kier alpha value is -1.81. The van der Waals surface area contributed by atoms with Gasteiger partial charge in [0.2, 0.25) is 0 Å². The molecule has 1 aliphatic rings. The van der Waals surface area contributed by atoms with Crippen LogP contribution in [0.4, 0.5) is 0 Å². The van der Waals surface area contributed by atoms with Gasteiger partial charge in [0.15, 0.2) is 6.04 Å². The van der Waals surface area contributed by atoms with Crippen LogP contribution in [0.1, 0.15) is 5.56 Å². The highest BCUT2D eigenvalue weighted by Gasteiger charge is 2.25. The number of benzene rings is 2. The quantitative estimate of drug-likeness (QED) is 0.900. The fraction of sp³-hybridized carbons (Fsp3) is 0.143. The highest BCUT2D eigenvalue weighted by molar-refractivity contribution is 8.14. The number of carboxylic acid groups (broad SMARTS) is 1. The van der Waals surface area contributed by atoms with E-state index in [0.717, 1.165) is 16.0 Å². The van der Waals surface area contributed by atoms with E-state index in [9.17, 15) is 4.79 Å². The minimum Gasteiger partial charge on any atom is -0.480 e. The second-order valence-electron chi connectivity index (χ2n) is 4.16. The van der Waals surface area contributed by atoms with Crippen LogP contribution in [-0.4, -0.2) is 27.9 Å². The van der Waals surface area contributed by atoms with E-state index >= 15 is 0 Å². The van der Waals surface area contributed by atoms with Crippen molar-refractivity contribution >= 4 is 33.5 Å². The van der Waals surface area contributed by atoms with Crippen LogP contribution in [0.3, 0.4) is 0 Å². The predicted molar refractivity (Wildman–Crippen MR) is 74.4 cm³/mol. The van der Waals surface area contributed by atoms with Crippen molar-refractivity contribution in [2.45, 2.75) is 6.04 Å². The molecule has 2 aromatic carbocycles. The summed E-state index contributed by atoms with van der Waals surface area (Å²) in [6.45, 7) is 0. The van der Waals surface area contributed by atoms with E-state index in [0.29, 0.717) is 5.75 Å². The van der Waals surface area contributed by atoms with E-state index in [1.165, 1.54) is 17.1 Å². The van der Waals surface area contributed by atoms with Gasteiger partial charge >= 0.3 is 5.97 Å². The van der Waals surface area contributed by atoms with Crippen molar-refractivity contribution in [3.63, 3.8) is 0 Å². The van der Waals surface area contributed by atoms with Crippen molar-refractivity contribution < 1.29 is 9.90 Å². The molecule has 1 aliphatic heterocycles. The average molecular weight is 257 g/mol. The summed E-state index contributed by atoms with van der Waals surface area (Å²) < 4.78 is 0. The van der Waals surface area contributed by atoms with Gasteiger partial charge in [0.05, 0.1) is 5.04 Å². The van der Waals surface area contributed by atoms with Crippen LogP contribution in [-0.2, 0) is 4.79 Å². The summed E-state index contributed by atoms with van der Waals surface area (Å²) in [4.78, 5) is 15.1. The number of carboxylic acids is 1. The van der Waals surface area contributed by atoms with Gasteiger partial charge in [-0.3, -0.25) is 4.99 Å². The second kappa shape index (κ2) is 4.46. The van der Waals surface area contributed by atoms with Crippen molar-refractivity contribution in [2.24, 2.45) is 4.99 Å². The number of hydrogen-bond acceptors (Lipinski definition) is 3.